The van der Waals surface area contributed by atoms with Gasteiger partial charge < -0.3 is 10.1 Å². The monoisotopic (exact) mass is 335 g/mol. The predicted octanol–water partition coefficient (Wildman–Crippen LogP) is 5.56. The van der Waals surface area contributed by atoms with Gasteiger partial charge in [-0.05, 0) is 32.1 Å². The molecule has 0 amide bonds. The summed E-state index contributed by atoms with van der Waals surface area (Å²) in [5, 5.41) is 3.05. The van der Waals surface area contributed by atoms with Crippen LogP contribution in [0.5, 0.6) is 5.75 Å². The van der Waals surface area contributed by atoms with Gasteiger partial charge in [0.2, 0.25) is 0 Å². The van der Waals surface area contributed by atoms with Crippen LogP contribution in [0.2, 0.25) is 0 Å². The first kappa shape index (κ1) is 20.0. The van der Waals surface area contributed by atoms with Crippen molar-refractivity contribution in [2.24, 2.45) is 0 Å². The number of ether oxygens (including phenoxy) is 1. The molecule has 0 bridgehead atoms. The van der Waals surface area contributed by atoms with E-state index in [0.717, 1.165) is 28.9 Å². The van der Waals surface area contributed by atoms with Crippen molar-refractivity contribution in [2.45, 2.75) is 13.8 Å². The fourth-order valence-corrected chi connectivity index (χ4v) is 1.78. The number of hydrogen-bond acceptors (Lipinski definition) is 3. The van der Waals surface area contributed by atoms with Crippen molar-refractivity contribution in [3.8, 4) is 5.75 Å². The molecule has 0 aromatic heterocycles. The first-order valence-corrected chi connectivity index (χ1v) is 7.94. The molecule has 3 heteroatoms. The molecule has 0 aliphatic rings. The molecule has 130 valence electrons. The molecule has 0 spiro atoms. The normalized spacial score (nSPS) is 9.72. The van der Waals surface area contributed by atoms with Crippen LogP contribution in [0.4, 0.5) is 5.69 Å². The van der Waals surface area contributed by atoms with Crippen LogP contribution in [-0.2, 0) is 0 Å². The molecular weight excluding hydrogens is 310 g/mol. The number of hydrogen-bond donors (Lipinski definition) is 1. The third-order valence-corrected chi connectivity index (χ3v) is 3.14. The van der Waals surface area contributed by atoms with E-state index in [-0.39, 0.29) is 0 Å². The molecule has 25 heavy (non-hydrogen) atoms. The van der Waals surface area contributed by atoms with Gasteiger partial charge in [-0.2, -0.15) is 0 Å². The third kappa shape index (κ3) is 8.37. The topological polar surface area (TPSA) is 38.3 Å². The minimum absolute atomic E-state index is 0.594. The molecule has 0 aliphatic heterocycles. The van der Waals surface area contributed by atoms with Crippen LogP contribution in [0, 0.1) is 6.92 Å². The van der Waals surface area contributed by atoms with Gasteiger partial charge in [0.1, 0.15) is 17.8 Å². The second kappa shape index (κ2) is 10.7. The highest BCUT2D eigenvalue weighted by molar-refractivity contribution is 5.74. The van der Waals surface area contributed by atoms with Crippen LogP contribution < -0.4 is 10.1 Å². The SMILES string of the molecule is C=C(C)/C=C\C(=C)Oc1cccc(NC)c1.Cc1ccc(C=O)cc1. The lowest BCUT2D eigenvalue weighted by Crippen LogP contribution is -1.92. The zero-order valence-electron chi connectivity index (χ0n) is 15.1. The molecule has 0 heterocycles. The zero-order valence-corrected chi connectivity index (χ0v) is 15.1. The lowest BCUT2D eigenvalue weighted by atomic mass is 10.2. The van der Waals surface area contributed by atoms with E-state index in [1.807, 2.05) is 75.5 Å². The minimum Gasteiger partial charge on any atom is -0.458 e. The van der Waals surface area contributed by atoms with Crippen LogP contribution in [0.15, 0.2) is 85.2 Å². The van der Waals surface area contributed by atoms with Crippen molar-refractivity contribution < 1.29 is 9.53 Å². The van der Waals surface area contributed by atoms with Crippen molar-refractivity contribution in [1.29, 1.82) is 0 Å². The maximum absolute atomic E-state index is 10.1. The van der Waals surface area contributed by atoms with E-state index in [4.69, 9.17) is 4.74 Å². The lowest BCUT2D eigenvalue weighted by Gasteiger charge is -2.07. The van der Waals surface area contributed by atoms with Crippen molar-refractivity contribution in [3.05, 3.63) is 96.3 Å². The summed E-state index contributed by atoms with van der Waals surface area (Å²) in [6.07, 6.45) is 4.51. The van der Waals surface area contributed by atoms with Crippen molar-refractivity contribution in [1.82, 2.24) is 0 Å². The number of nitrogens with one attached hydrogen (secondary N) is 1. The molecule has 2 aromatic carbocycles. The van der Waals surface area contributed by atoms with E-state index in [2.05, 4.69) is 18.5 Å². The van der Waals surface area contributed by atoms with Gasteiger partial charge in [-0.3, -0.25) is 4.79 Å². The summed E-state index contributed by atoms with van der Waals surface area (Å²) in [5.74, 6) is 1.36. The number of aryl methyl sites for hydroxylation is 1. The maximum Gasteiger partial charge on any atom is 0.150 e. The highest BCUT2D eigenvalue weighted by Crippen LogP contribution is 2.19. The van der Waals surface area contributed by atoms with E-state index in [9.17, 15) is 4.79 Å². The number of carbonyl (C=O) groups excluding carboxylic acids is 1. The summed E-state index contributed by atoms with van der Waals surface area (Å²) >= 11 is 0. The molecule has 0 atom stereocenters. The Morgan fingerprint density at radius 1 is 1.08 bits per heavy atom. The number of carbonyl (C=O) groups is 1. The zero-order chi connectivity index (χ0) is 18.7. The van der Waals surface area contributed by atoms with Crippen LogP contribution in [0.1, 0.15) is 22.8 Å². The van der Waals surface area contributed by atoms with Gasteiger partial charge in [-0.15, -0.1) is 0 Å². The van der Waals surface area contributed by atoms with Gasteiger partial charge in [-0.25, -0.2) is 0 Å². The molecule has 2 aromatic rings. The fourth-order valence-electron chi connectivity index (χ4n) is 1.78. The summed E-state index contributed by atoms with van der Waals surface area (Å²) in [6, 6.07) is 15.2. The summed E-state index contributed by atoms with van der Waals surface area (Å²) in [7, 11) is 1.87. The standard InChI is InChI=1S/C14H17NO.C8H8O/c1-11(2)8-9-12(3)16-14-7-5-6-13(10-14)15-4;1-7-2-4-8(6-9)5-3-7/h5-10,15H,1,3H2,2,4H3;2-6H,1H3/b9-8-;. The Labute approximate surface area is 150 Å². The van der Waals surface area contributed by atoms with Crippen LogP contribution in [0.3, 0.4) is 0 Å². The molecule has 0 unspecified atom stereocenters. The molecule has 2 rings (SSSR count). The summed E-state index contributed by atoms with van der Waals surface area (Å²) in [6.45, 7) is 11.5. The number of allylic oxidation sites excluding steroid dienone is 3. The van der Waals surface area contributed by atoms with Crippen molar-refractivity contribution in [3.63, 3.8) is 0 Å². The molecule has 0 radical (unpaired) electrons. The molecule has 0 saturated heterocycles. The van der Waals surface area contributed by atoms with E-state index in [1.54, 1.807) is 6.08 Å². The van der Waals surface area contributed by atoms with Crippen LogP contribution in [-0.4, -0.2) is 13.3 Å². The number of rotatable bonds is 6. The first-order valence-electron chi connectivity index (χ1n) is 7.94. The van der Waals surface area contributed by atoms with Crippen molar-refractivity contribution >= 4 is 12.0 Å². The highest BCUT2D eigenvalue weighted by atomic mass is 16.5. The van der Waals surface area contributed by atoms with E-state index >= 15 is 0 Å². The summed E-state index contributed by atoms with van der Waals surface area (Å²) < 4.78 is 5.54. The second-order valence-electron chi connectivity index (χ2n) is 5.55. The Morgan fingerprint density at radius 2 is 1.76 bits per heavy atom. The average molecular weight is 335 g/mol. The lowest BCUT2D eigenvalue weighted by molar-refractivity contribution is 0.112. The predicted molar refractivity (Wildman–Crippen MR) is 106 cm³/mol. The van der Waals surface area contributed by atoms with Gasteiger partial charge >= 0.3 is 0 Å². The Hall–Kier alpha value is -3.07. The largest absolute Gasteiger partial charge is 0.458 e. The maximum atomic E-state index is 10.1. The first-order chi connectivity index (χ1) is 11.9. The average Bonchev–Trinajstić information content (AvgIpc) is 2.61. The Kier molecular flexibility index (Phi) is 8.52. The van der Waals surface area contributed by atoms with Gasteiger partial charge in [0.25, 0.3) is 0 Å². The van der Waals surface area contributed by atoms with E-state index in [0.29, 0.717) is 5.76 Å². The number of anilines is 1. The smallest absolute Gasteiger partial charge is 0.150 e. The van der Waals surface area contributed by atoms with Gasteiger partial charge in [0.05, 0.1) is 0 Å². The van der Waals surface area contributed by atoms with Gasteiger partial charge in [0.15, 0.2) is 0 Å². The molecule has 0 saturated carbocycles. The molecular formula is C22H25NO2. The minimum atomic E-state index is 0.594. The fraction of sp³-hybridized carbons (Fsp3) is 0.136. The Morgan fingerprint density at radius 3 is 2.32 bits per heavy atom. The number of benzene rings is 2. The van der Waals surface area contributed by atoms with Crippen LogP contribution in [0.25, 0.3) is 0 Å². The van der Waals surface area contributed by atoms with Gasteiger partial charge in [-0.1, -0.05) is 60.7 Å². The quantitative estimate of drug-likeness (QED) is 0.426. The third-order valence-electron chi connectivity index (χ3n) is 3.14. The molecule has 0 fully saturated rings. The molecule has 0 aliphatic carbocycles. The van der Waals surface area contributed by atoms with Crippen LogP contribution >= 0.6 is 0 Å². The van der Waals surface area contributed by atoms with E-state index in [1.165, 1.54) is 5.56 Å². The summed E-state index contributed by atoms with van der Waals surface area (Å²) in [5.41, 5.74) is 3.89. The second-order valence-corrected chi connectivity index (χ2v) is 5.55. The molecule has 1 N–H and O–H groups in total. The Balaban J connectivity index is 0.000000293. The molecule has 3 nitrogen and oxygen atoms in total. The summed E-state index contributed by atoms with van der Waals surface area (Å²) in [4.78, 5) is 10.1. The van der Waals surface area contributed by atoms with E-state index < -0.39 is 0 Å². The Bertz CT molecular complexity index is 743. The van der Waals surface area contributed by atoms with Gasteiger partial charge in [0, 0.05) is 24.4 Å². The highest BCUT2D eigenvalue weighted by Gasteiger charge is 1.96. The number of aldehydes is 1. The van der Waals surface area contributed by atoms with Crippen molar-refractivity contribution in [2.75, 3.05) is 12.4 Å².